The first-order valence-electron chi connectivity index (χ1n) is 7.49. The summed E-state index contributed by atoms with van der Waals surface area (Å²) in [6.07, 6.45) is 7.20. The van der Waals surface area contributed by atoms with Crippen molar-refractivity contribution < 1.29 is 8.42 Å². The van der Waals surface area contributed by atoms with E-state index in [-0.39, 0.29) is 0 Å². The molecule has 0 bridgehead atoms. The van der Waals surface area contributed by atoms with Gasteiger partial charge in [-0.15, -0.1) is 0 Å². The molecule has 0 saturated heterocycles. The third kappa shape index (κ3) is 4.90. The highest BCUT2D eigenvalue weighted by molar-refractivity contribution is 7.98. The molecule has 0 saturated carbocycles. The quantitative estimate of drug-likeness (QED) is 0.721. The molecule has 0 aliphatic carbocycles. The molecule has 1 aliphatic heterocycles. The Morgan fingerprint density at radius 2 is 2.14 bits per heavy atom. The van der Waals surface area contributed by atoms with E-state index in [1.165, 1.54) is 0 Å². The van der Waals surface area contributed by atoms with E-state index in [1.54, 1.807) is 12.1 Å². The zero-order valence-corrected chi connectivity index (χ0v) is 14.2. The Kier molecular flexibility index (Phi) is 6.39. The number of hydrogen-bond donors (Lipinski definition) is 2. The number of rotatable bonds is 8. The van der Waals surface area contributed by atoms with Gasteiger partial charge >= 0.3 is 0 Å². The minimum Gasteiger partial charge on any atom is -0.385 e. The van der Waals surface area contributed by atoms with Crippen LogP contribution in [-0.2, 0) is 16.4 Å². The summed E-state index contributed by atoms with van der Waals surface area (Å²) in [5.41, 5.74) is 2.17. The predicted octanol–water partition coefficient (Wildman–Crippen LogP) is 2.86. The van der Waals surface area contributed by atoms with E-state index in [2.05, 4.69) is 16.3 Å². The van der Waals surface area contributed by atoms with Crippen LogP contribution in [0, 0.1) is 0 Å². The largest absolute Gasteiger partial charge is 0.385 e. The van der Waals surface area contributed by atoms with Crippen molar-refractivity contribution in [2.75, 3.05) is 30.4 Å². The van der Waals surface area contributed by atoms with Crippen molar-refractivity contribution in [3.63, 3.8) is 0 Å². The van der Waals surface area contributed by atoms with Gasteiger partial charge in [0.15, 0.2) is 0 Å². The molecule has 0 atom stereocenters. The molecule has 0 fully saturated rings. The lowest BCUT2D eigenvalue weighted by atomic mass is 10.0. The van der Waals surface area contributed by atoms with Crippen molar-refractivity contribution in [3.05, 3.63) is 23.8 Å². The van der Waals surface area contributed by atoms with Crippen LogP contribution in [0.2, 0.25) is 0 Å². The summed E-state index contributed by atoms with van der Waals surface area (Å²) in [5.74, 6) is 1.14. The summed E-state index contributed by atoms with van der Waals surface area (Å²) in [7, 11) is -3.37. The van der Waals surface area contributed by atoms with Crippen molar-refractivity contribution in [1.29, 1.82) is 0 Å². The predicted molar refractivity (Wildman–Crippen MR) is 90.7 cm³/mol. The molecular formula is C15H24N2O2S2. The second-order valence-corrected chi connectivity index (χ2v) is 8.05. The molecular weight excluding hydrogens is 304 g/mol. The number of benzene rings is 1. The van der Waals surface area contributed by atoms with Crippen LogP contribution in [0.4, 0.5) is 5.69 Å². The third-order valence-electron chi connectivity index (χ3n) is 3.64. The normalized spacial score (nSPS) is 14.5. The lowest BCUT2D eigenvalue weighted by Gasteiger charge is -2.18. The Morgan fingerprint density at radius 1 is 1.29 bits per heavy atom. The number of anilines is 1. The standard InChI is InChI=1S/C15H24N2O2S2/c1-20-11-4-2-3-10-17-21(18,19)14-7-8-15-13(12-14)6-5-9-16-15/h7-8,12,16-17H,2-6,9-11H2,1H3. The molecule has 1 aliphatic rings. The molecule has 118 valence electrons. The molecule has 1 heterocycles. The SMILES string of the molecule is CSCCCCCNS(=O)(=O)c1ccc2c(c1)CCCN2. The Balaban J connectivity index is 1.90. The van der Waals surface area contributed by atoms with Gasteiger partial charge in [-0.3, -0.25) is 0 Å². The zero-order chi connectivity index (χ0) is 15.1. The fourth-order valence-corrected chi connectivity index (χ4v) is 4.07. The van der Waals surface area contributed by atoms with E-state index in [4.69, 9.17) is 0 Å². The zero-order valence-electron chi connectivity index (χ0n) is 12.5. The van der Waals surface area contributed by atoms with Gasteiger partial charge in [0.1, 0.15) is 0 Å². The fourth-order valence-electron chi connectivity index (χ4n) is 2.46. The lowest BCUT2D eigenvalue weighted by molar-refractivity contribution is 0.576. The van der Waals surface area contributed by atoms with Crippen molar-refractivity contribution >= 4 is 27.5 Å². The average molecular weight is 329 g/mol. The monoisotopic (exact) mass is 328 g/mol. The van der Waals surface area contributed by atoms with Crippen LogP contribution in [0.1, 0.15) is 31.2 Å². The fraction of sp³-hybridized carbons (Fsp3) is 0.600. The van der Waals surface area contributed by atoms with Crippen LogP contribution in [-0.4, -0.2) is 33.5 Å². The van der Waals surface area contributed by atoms with Crippen molar-refractivity contribution in [2.45, 2.75) is 37.0 Å². The summed E-state index contributed by atoms with van der Waals surface area (Å²) < 4.78 is 27.2. The summed E-state index contributed by atoms with van der Waals surface area (Å²) in [6, 6.07) is 5.37. The number of sulfonamides is 1. The first kappa shape index (κ1) is 16.6. The van der Waals surface area contributed by atoms with Gasteiger partial charge in [0.05, 0.1) is 4.90 Å². The Morgan fingerprint density at radius 3 is 2.95 bits per heavy atom. The number of nitrogens with one attached hydrogen (secondary N) is 2. The maximum absolute atomic E-state index is 12.3. The van der Waals surface area contributed by atoms with E-state index >= 15 is 0 Å². The van der Waals surface area contributed by atoms with Crippen LogP contribution in [0.3, 0.4) is 0 Å². The summed E-state index contributed by atoms with van der Waals surface area (Å²) in [4.78, 5) is 0.383. The lowest BCUT2D eigenvalue weighted by Crippen LogP contribution is -2.25. The molecule has 21 heavy (non-hydrogen) atoms. The highest BCUT2D eigenvalue weighted by Gasteiger charge is 2.16. The molecule has 0 amide bonds. The number of thioether (sulfide) groups is 1. The van der Waals surface area contributed by atoms with Crippen molar-refractivity contribution in [2.24, 2.45) is 0 Å². The summed E-state index contributed by atoms with van der Waals surface area (Å²) in [6.45, 7) is 1.49. The Labute approximate surface area is 132 Å². The number of hydrogen-bond acceptors (Lipinski definition) is 4. The second-order valence-electron chi connectivity index (χ2n) is 5.30. The van der Waals surface area contributed by atoms with Gasteiger partial charge in [-0.1, -0.05) is 6.42 Å². The number of aryl methyl sites for hydroxylation is 1. The van der Waals surface area contributed by atoms with Gasteiger partial charge < -0.3 is 5.32 Å². The number of fused-ring (bicyclic) bond motifs is 1. The highest BCUT2D eigenvalue weighted by Crippen LogP contribution is 2.24. The van der Waals surface area contributed by atoms with Crippen LogP contribution in [0.25, 0.3) is 0 Å². The van der Waals surface area contributed by atoms with Gasteiger partial charge in [-0.2, -0.15) is 11.8 Å². The maximum Gasteiger partial charge on any atom is 0.240 e. The molecule has 0 spiro atoms. The molecule has 4 nitrogen and oxygen atoms in total. The average Bonchev–Trinajstić information content (AvgIpc) is 2.50. The summed E-state index contributed by atoms with van der Waals surface area (Å²) >= 11 is 1.83. The van der Waals surface area contributed by atoms with Gasteiger partial charge in [0.25, 0.3) is 0 Å². The second kappa shape index (κ2) is 8.06. The van der Waals surface area contributed by atoms with Gasteiger partial charge in [0, 0.05) is 18.8 Å². The van der Waals surface area contributed by atoms with Gasteiger partial charge in [0.2, 0.25) is 10.0 Å². The smallest absolute Gasteiger partial charge is 0.240 e. The van der Waals surface area contributed by atoms with Crippen molar-refractivity contribution in [3.8, 4) is 0 Å². The highest BCUT2D eigenvalue weighted by atomic mass is 32.2. The molecule has 1 aromatic rings. The molecule has 0 unspecified atom stereocenters. The molecule has 2 N–H and O–H groups in total. The molecule has 1 aromatic carbocycles. The van der Waals surface area contributed by atoms with E-state index in [9.17, 15) is 8.42 Å². The first-order valence-corrected chi connectivity index (χ1v) is 10.4. The third-order valence-corrected chi connectivity index (χ3v) is 5.80. The van der Waals surface area contributed by atoms with E-state index in [1.807, 2.05) is 17.8 Å². The van der Waals surface area contributed by atoms with E-state index in [0.717, 1.165) is 55.7 Å². The summed E-state index contributed by atoms with van der Waals surface area (Å²) in [5, 5.41) is 3.30. The molecule has 2 rings (SSSR count). The Bertz CT molecular complexity index is 559. The van der Waals surface area contributed by atoms with Gasteiger partial charge in [-0.25, -0.2) is 13.1 Å². The Hall–Kier alpha value is -0.720. The van der Waals surface area contributed by atoms with E-state index in [0.29, 0.717) is 11.4 Å². The van der Waals surface area contributed by atoms with Crippen LogP contribution in [0.5, 0.6) is 0 Å². The minimum absolute atomic E-state index is 0.383. The molecule has 0 aromatic heterocycles. The van der Waals surface area contributed by atoms with Crippen LogP contribution in [0.15, 0.2) is 23.1 Å². The van der Waals surface area contributed by atoms with Crippen LogP contribution < -0.4 is 10.0 Å². The van der Waals surface area contributed by atoms with Crippen molar-refractivity contribution in [1.82, 2.24) is 4.72 Å². The van der Waals surface area contributed by atoms with E-state index < -0.39 is 10.0 Å². The number of unbranched alkanes of at least 4 members (excludes halogenated alkanes) is 2. The molecule has 0 radical (unpaired) electrons. The van der Waals surface area contributed by atoms with Gasteiger partial charge in [-0.05, 0) is 61.5 Å². The topological polar surface area (TPSA) is 58.2 Å². The first-order chi connectivity index (χ1) is 10.1. The minimum atomic E-state index is -3.37. The van der Waals surface area contributed by atoms with Crippen LogP contribution >= 0.6 is 11.8 Å². The maximum atomic E-state index is 12.3. The molecule has 6 heteroatoms.